The highest BCUT2D eigenvalue weighted by Crippen LogP contribution is 2.63. The minimum atomic E-state index is 0.0273. The lowest BCUT2D eigenvalue weighted by molar-refractivity contribution is -0.116. The molecule has 2 fully saturated rings. The van der Waals surface area contributed by atoms with Gasteiger partial charge >= 0.3 is 0 Å². The highest BCUT2D eigenvalue weighted by atomic mass is 16.4. The summed E-state index contributed by atoms with van der Waals surface area (Å²) in [7, 11) is 0. The number of oxime groups is 1. The fourth-order valence-electron chi connectivity index (χ4n) is 6.13. The smallest absolute Gasteiger partial charge is 0.155 e. The van der Waals surface area contributed by atoms with Crippen LogP contribution in [-0.4, -0.2) is 16.7 Å². The molecule has 4 atom stereocenters. The Hall–Kier alpha value is -1.64. The molecule has 4 aliphatic rings. The van der Waals surface area contributed by atoms with Crippen molar-refractivity contribution >= 4 is 11.5 Å². The zero-order valence-electron chi connectivity index (χ0n) is 14.9. The van der Waals surface area contributed by atoms with Crippen molar-refractivity contribution in [2.24, 2.45) is 27.8 Å². The third kappa shape index (κ3) is 1.96. The fourth-order valence-corrected chi connectivity index (χ4v) is 6.13. The molecule has 0 unspecified atom stereocenters. The number of fused-ring (bicyclic) bond motifs is 5. The average molecular weight is 325 g/mol. The summed E-state index contributed by atoms with van der Waals surface area (Å²) in [5.41, 5.74) is 5.09. The maximum Gasteiger partial charge on any atom is 0.155 e. The van der Waals surface area contributed by atoms with Gasteiger partial charge in [0, 0.05) is 11.8 Å². The van der Waals surface area contributed by atoms with Crippen molar-refractivity contribution in [3.63, 3.8) is 0 Å². The Morgan fingerprint density at radius 1 is 1.21 bits per heavy atom. The molecule has 0 aromatic heterocycles. The van der Waals surface area contributed by atoms with Crippen LogP contribution in [0.25, 0.3) is 0 Å². The van der Waals surface area contributed by atoms with E-state index in [1.807, 2.05) is 13.0 Å². The van der Waals surface area contributed by atoms with Crippen LogP contribution in [0.1, 0.15) is 59.3 Å². The second kappa shape index (κ2) is 5.18. The van der Waals surface area contributed by atoms with E-state index in [2.05, 4.69) is 31.2 Å². The number of allylic oxidation sites excluding steroid dienone is 6. The van der Waals surface area contributed by atoms with Gasteiger partial charge in [-0.2, -0.15) is 0 Å². The van der Waals surface area contributed by atoms with Crippen molar-refractivity contribution < 1.29 is 10.0 Å². The van der Waals surface area contributed by atoms with Gasteiger partial charge in [0.2, 0.25) is 0 Å². The summed E-state index contributed by atoms with van der Waals surface area (Å²) in [5, 5.41) is 12.7. The summed E-state index contributed by atoms with van der Waals surface area (Å²) in [4.78, 5) is 11.9. The minimum absolute atomic E-state index is 0.0273. The lowest BCUT2D eigenvalue weighted by Crippen LogP contribution is -2.47. The van der Waals surface area contributed by atoms with Gasteiger partial charge in [-0.15, -0.1) is 0 Å². The number of ketones is 1. The van der Waals surface area contributed by atoms with E-state index in [0.717, 1.165) is 31.4 Å². The zero-order chi connectivity index (χ0) is 17.1. The molecule has 128 valence electrons. The van der Waals surface area contributed by atoms with Crippen LogP contribution in [0.4, 0.5) is 0 Å². The van der Waals surface area contributed by atoms with Crippen molar-refractivity contribution in [1.29, 1.82) is 0 Å². The Morgan fingerprint density at radius 3 is 2.75 bits per heavy atom. The standard InChI is InChI=1S/C21H27NO2/c1-13(22-24)17-6-7-18-16-5-4-14-12-15(23)8-10-20(14,2)19(16)9-11-21(17,18)3/h6-7,12,16,19,24H,4-5,8-11H2,1-3H3/b22-13-/t16-,19-,20-,21+/m0/s1. The maximum absolute atomic E-state index is 11.9. The van der Waals surface area contributed by atoms with E-state index in [1.165, 1.54) is 23.1 Å². The van der Waals surface area contributed by atoms with E-state index in [1.54, 1.807) is 0 Å². The van der Waals surface area contributed by atoms with Gasteiger partial charge in [0.1, 0.15) is 0 Å². The lowest BCUT2D eigenvalue weighted by Gasteiger charge is -2.56. The molecule has 0 bridgehead atoms. The molecule has 2 saturated carbocycles. The highest BCUT2D eigenvalue weighted by Gasteiger charge is 2.54. The molecule has 0 spiro atoms. The molecule has 24 heavy (non-hydrogen) atoms. The molecule has 0 radical (unpaired) electrons. The molecule has 4 aliphatic carbocycles. The van der Waals surface area contributed by atoms with Crippen LogP contribution >= 0.6 is 0 Å². The van der Waals surface area contributed by atoms with Gasteiger partial charge in [0.25, 0.3) is 0 Å². The molecule has 3 nitrogen and oxygen atoms in total. The Bertz CT molecular complexity index is 726. The van der Waals surface area contributed by atoms with Crippen LogP contribution < -0.4 is 0 Å². The van der Waals surface area contributed by atoms with Gasteiger partial charge in [-0.05, 0) is 67.9 Å². The van der Waals surface area contributed by atoms with Gasteiger partial charge in [-0.3, -0.25) is 4.79 Å². The first kappa shape index (κ1) is 15.9. The van der Waals surface area contributed by atoms with Gasteiger partial charge in [-0.1, -0.05) is 42.3 Å². The summed E-state index contributed by atoms with van der Waals surface area (Å²) in [5.74, 6) is 1.56. The third-order valence-electron chi connectivity index (χ3n) is 7.54. The Morgan fingerprint density at radius 2 is 2.00 bits per heavy atom. The predicted octanol–water partition coefficient (Wildman–Crippen LogP) is 4.82. The monoisotopic (exact) mass is 325 g/mol. The number of hydrogen-bond acceptors (Lipinski definition) is 3. The van der Waals surface area contributed by atoms with Crippen LogP contribution in [-0.2, 0) is 4.79 Å². The summed E-state index contributed by atoms with van der Waals surface area (Å²) >= 11 is 0. The van der Waals surface area contributed by atoms with Gasteiger partial charge in [0.15, 0.2) is 5.78 Å². The summed E-state index contributed by atoms with van der Waals surface area (Å²) in [6.07, 6.45) is 12.7. The summed E-state index contributed by atoms with van der Waals surface area (Å²) in [6, 6.07) is 0. The molecule has 0 amide bonds. The number of hydrogen-bond donors (Lipinski definition) is 1. The second-order valence-corrected chi connectivity index (χ2v) is 8.56. The SMILES string of the molecule is C/C(=N/O)C1=CC=C2[C@@H]3CCC4=CC(=O)CC[C@]4(C)[C@H]3CC[C@]12C. The molecule has 0 heterocycles. The topological polar surface area (TPSA) is 49.7 Å². The van der Waals surface area contributed by atoms with Crippen LogP contribution in [0.2, 0.25) is 0 Å². The number of nitrogens with zero attached hydrogens (tertiary/aromatic N) is 1. The van der Waals surface area contributed by atoms with Gasteiger partial charge in [0.05, 0.1) is 5.71 Å². The first-order valence-electron chi connectivity index (χ1n) is 9.26. The van der Waals surface area contributed by atoms with Crippen molar-refractivity contribution in [2.75, 3.05) is 0 Å². The van der Waals surface area contributed by atoms with Gasteiger partial charge < -0.3 is 5.21 Å². The number of carbonyl (C=O) groups excluding carboxylic acids is 1. The number of rotatable bonds is 1. The van der Waals surface area contributed by atoms with E-state index < -0.39 is 0 Å². The highest BCUT2D eigenvalue weighted by molar-refractivity contribution is 6.00. The van der Waals surface area contributed by atoms with E-state index in [9.17, 15) is 10.0 Å². The lowest BCUT2D eigenvalue weighted by atomic mass is 9.48. The quantitative estimate of drug-likeness (QED) is 0.427. The van der Waals surface area contributed by atoms with E-state index in [0.29, 0.717) is 24.0 Å². The molecule has 1 N–H and O–H groups in total. The Labute approximate surface area is 144 Å². The summed E-state index contributed by atoms with van der Waals surface area (Å²) in [6.45, 7) is 6.62. The molecular weight excluding hydrogens is 298 g/mol. The molecule has 0 aromatic carbocycles. The number of carbonyl (C=O) groups is 1. The molecule has 0 aromatic rings. The zero-order valence-corrected chi connectivity index (χ0v) is 14.9. The van der Waals surface area contributed by atoms with Crippen LogP contribution in [0.5, 0.6) is 0 Å². The second-order valence-electron chi connectivity index (χ2n) is 8.56. The average Bonchev–Trinajstić information content (AvgIpc) is 2.92. The maximum atomic E-state index is 11.9. The van der Waals surface area contributed by atoms with E-state index >= 15 is 0 Å². The molecule has 0 saturated heterocycles. The fraction of sp³-hybridized carbons (Fsp3) is 0.619. The van der Waals surface area contributed by atoms with Crippen LogP contribution in [0.3, 0.4) is 0 Å². The van der Waals surface area contributed by atoms with Crippen LogP contribution in [0, 0.1) is 22.7 Å². The molecule has 4 rings (SSSR count). The van der Waals surface area contributed by atoms with Crippen molar-refractivity contribution in [3.8, 4) is 0 Å². The summed E-state index contributed by atoms with van der Waals surface area (Å²) < 4.78 is 0. The van der Waals surface area contributed by atoms with E-state index in [4.69, 9.17) is 0 Å². The predicted molar refractivity (Wildman–Crippen MR) is 95.0 cm³/mol. The molecule has 0 aliphatic heterocycles. The third-order valence-corrected chi connectivity index (χ3v) is 7.54. The largest absolute Gasteiger partial charge is 0.411 e. The first-order valence-corrected chi connectivity index (χ1v) is 9.26. The normalized spacial score (nSPS) is 41.7. The minimum Gasteiger partial charge on any atom is -0.411 e. The Kier molecular flexibility index (Phi) is 3.42. The van der Waals surface area contributed by atoms with E-state index in [-0.39, 0.29) is 10.8 Å². The van der Waals surface area contributed by atoms with Gasteiger partial charge in [-0.25, -0.2) is 0 Å². The molecule has 3 heteroatoms. The first-order chi connectivity index (χ1) is 11.4. The molecular formula is C21H27NO2. The van der Waals surface area contributed by atoms with Crippen molar-refractivity contribution in [3.05, 3.63) is 34.9 Å². The van der Waals surface area contributed by atoms with Crippen molar-refractivity contribution in [1.82, 2.24) is 0 Å². The Balaban J connectivity index is 1.69. The van der Waals surface area contributed by atoms with Crippen LogP contribution in [0.15, 0.2) is 40.1 Å². The van der Waals surface area contributed by atoms with Crippen molar-refractivity contribution in [2.45, 2.75) is 59.3 Å².